The molecule has 14 heavy (non-hydrogen) atoms. The molecule has 0 aliphatic rings. The van der Waals surface area contributed by atoms with Crippen molar-refractivity contribution in [2.45, 2.75) is 12.5 Å². The number of rotatable bonds is 6. The topological polar surface area (TPSA) is 58.3 Å². The zero-order valence-electron chi connectivity index (χ0n) is 8.32. The second-order valence-corrected chi connectivity index (χ2v) is 3.23. The molecular weight excluding hydrogens is 176 g/mol. The minimum Gasteiger partial charge on any atom is -0.396 e. The van der Waals surface area contributed by atoms with Gasteiger partial charge in [-0.3, -0.25) is 0 Å². The van der Waals surface area contributed by atoms with E-state index in [1.807, 2.05) is 18.2 Å². The fraction of sp³-hybridized carbons (Fsp3) is 0.455. The highest BCUT2D eigenvalue weighted by Gasteiger charge is 2.06. The lowest BCUT2D eigenvalue weighted by atomic mass is 10.1. The second kappa shape index (κ2) is 6.54. The maximum absolute atomic E-state index is 8.65. The highest BCUT2D eigenvalue weighted by atomic mass is 16.3. The third-order valence-electron chi connectivity index (χ3n) is 2.16. The van der Waals surface area contributed by atoms with Crippen LogP contribution in [0.3, 0.4) is 0 Å². The summed E-state index contributed by atoms with van der Waals surface area (Å²) in [7, 11) is 0. The molecule has 3 nitrogen and oxygen atoms in total. The Kier molecular flexibility index (Phi) is 5.22. The largest absolute Gasteiger partial charge is 0.396 e. The Morgan fingerprint density at radius 2 is 2.00 bits per heavy atom. The van der Waals surface area contributed by atoms with Gasteiger partial charge in [-0.15, -0.1) is 0 Å². The van der Waals surface area contributed by atoms with Crippen LogP contribution in [0.5, 0.6) is 0 Å². The van der Waals surface area contributed by atoms with Crippen molar-refractivity contribution >= 4 is 0 Å². The monoisotopic (exact) mass is 194 g/mol. The van der Waals surface area contributed by atoms with Crippen molar-refractivity contribution in [2.75, 3.05) is 19.7 Å². The van der Waals surface area contributed by atoms with Crippen LogP contribution in [0.4, 0.5) is 0 Å². The molecule has 78 valence electrons. The summed E-state index contributed by atoms with van der Waals surface area (Å²) in [5.74, 6) is 0. The first-order valence-electron chi connectivity index (χ1n) is 4.97. The van der Waals surface area contributed by atoms with Crippen molar-refractivity contribution in [3.05, 3.63) is 35.9 Å². The van der Waals surface area contributed by atoms with E-state index in [2.05, 4.69) is 17.4 Å². The Morgan fingerprint density at radius 3 is 2.57 bits per heavy atom. The molecule has 1 unspecified atom stereocenters. The van der Waals surface area contributed by atoms with Gasteiger partial charge in [0.25, 0.3) is 0 Å². The molecule has 0 aliphatic carbocycles. The molecule has 0 radical (unpaired) electrons. The van der Waals surface area contributed by atoms with E-state index in [1.54, 1.807) is 0 Å². The van der Waals surface area contributed by atoms with Gasteiger partial charge in [-0.25, -0.2) is 0 Å². The Labute approximate surface area is 84.9 Å². The van der Waals surface area contributed by atoms with E-state index >= 15 is 0 Å². The van der Waals surface area contributed by atoms with Crippen LogP contribution in [0, 0.1) is 0 Å². The van der Waals surface area contributed by atoms with Crippen molar-refractivity contribution in [1.82, 2.24) is 5.32 Å². The first-order chi connectivity index (χ1) is 6.88. The molecule has 0 aliphatic heterocycles. The SMILES string of the molecule is NCC(NCCCO)c1ccccc1. The Balaban J connectivity index is 2.46. The van der Waals surface area contributed by atoms with E-state index in [4.69, 9.17) is 10.8 Å². The molecule has 1 aromatic rings. The lowest BCUT2D eigenvalue weighted by Crippen LogP contribution is -2.29. The number of aliphatic hydroxyl groups is 1. The van der Waals surface area contributed by atoms with Crippen molar-refractivity contribution in [1.29, 1.82) is 0 Å². The average Bonchev–Trinajstić information content (AvgIpc) is 2.26. The zero-order valence-corrected chi connectivity index (χ0v) is 8.32. The fourth-order valence-electron chi connectivity index (χ4n) is 1.38. The summed E-state index contributed by atoms with van der Waals surface area (Å²) in [5.41, 5.74) is 6.86. The highest BCUT2D eigenvalue weighted by Crippen LogP contribution is 2.10. The molecular formula is C11H18N2O. The molecule has 1 atom stereocenters. The molecule has 4 N–H and O–H groups in total. The molecule has 3 heteroatoms. The van der Waals surface area contributed by atoms with Gasteiger partial charge in [-0.05, 0) is 18.5 Å². The van der Waals surface area contributed by atoms with Crippen LogP contribution < -0.4 is 11.1 Å². The molecule has 1 aromatic carbocycles. The second-order valence-electron chi connectivity index (χ2n) is 3.23. The summed E-state index contributed by atoms with van der Waals surface area (Å²) in [5, 5.41) is 12.0. The van der Waals surface area contributed by atoms with Crippen molar-refractivity contribution in [3.63, 3.8) is 0 Å². The minimum atomic E-state index is 0.197. The van der Waals surface area contributed by atoms with Gasteiger partial charge in [0.1, 0.15) is 0 Å². The lowest BCUT2D eigenvalue weighted by Gasteiger charge is -2.16. The first kappa shape index (κ1) is 11.2. The quantitative estimate of drug-likeness (QED) is 0.583. The maximum atomic E-state index is 8.65. The van der Waals surface area contributed by atoms with Crippen LogP contribution in [-0.2, 0) is 0 Å². The van der Waals surface area contributed by atoms with Gasteiger partial charge in [-0.1, -0.05) is 30.3 Å². The van der Waals surface area contributed by atoms with Gasteiger partial charge >= 0.3 is 0 Å². The first-order valence-corrected chi connectivity index (χ1v) is 4.97. The van der Waals surface area contributed by atoms with E-state index < -0.39 is 0 Å². The van der Waals surface area contributed by atoms with Crippen LogP contribution in [0.15, 0.2) is 30.3 Å². The van der Waals surface area contributed by atoms with Gasteiger partial charge < -0.3 is 16.2 Å². The van der Waals surface area contributed by atoms with Gasteiger partial charge in [-0.2, -0.15) is 0 Å². The van der Waals surface area contributed by atoms with Gasteiger partial charge in [0.15, 0.2) is 0 Å². The van der Waals surface area contributed by atoms with Gasteiger partial charge in [0.05, 0.1) is 0 Å². The summed E-state index contributed by atoms with van der Waals surface area (Å²) in [6, 6.07) is 10.3. The Bertz CT molecular complexity index is 238. The van der Waals surface area contributed by atoms with Crippen molar-refractivity contribution in [2.24, 2.45) is 5.73 Å². The number of aliphatic hydroxyl groups excluding tert-OH is 1. The standard InChI is InChI=1S/C11H18N2O/c12-9-11(13-7-4-8-14)10-5-2-1-3-6-10/h1-3,5-6,11,13-14H,4,7-9,12H2. The predicted molar refractivity (Wildman–Crippen MR) is 57.9 cm³/mol. The fourth-order valence-corrected chi connectivity index (χ4v) is 1.38. The third-order valence-corrected chi connectivity index (χ3v) is 2.16. The van der Waals surface area contributed by atoms with Gasteiger partial charge in [0, 0.05) is 19.2 Å². The highest BCUT2D eigenvalue weighted by molar-refractivity contribution is 5.19. The Hall–Kier alpha value is -0.900. The smallest absolute Gasteiger partial charge is 0.0444 e. The summed E-state index contributed by atoms with van der Waals surface area (Å²) in [6.45, 7) is 1.60. The molecule has 0 bridgehead atoms. The molecule has 0 saturated carbocycles. The van der Waals surface area contributed by atoms with E-state index in [9.17, 15) is 0 Å². The molecule has 1 rings (SSSR count). The molecule has 0 aromatic heterocycles. The van der Waals surface area contributed by atoms with E-state index in [0.717, 1.165) is 13.0 Å². The van der Waals surface area contributed by atoms with E-state index in [0.29, 0.717) is 6.54 Å². The van der Waals surface area contributed by atoms with Crippen molar-refractivity contribution in [3.8, 4) is 0 Å². The summed E-state index contributed by atoms with van der Waals surface area (Å²) < 4.78 is 0. The van der Waals surface area contributed by atoms with Crippen LogP contribution in [-0.4, -0.2) is 24.8 Å². The predicted octanol–water partition coefficient (Wildman–Crippen LogP) is 0.658. The Morgan fingerprint density at radius 1 is 1.29 bits per heavy atom. The number of nitrogens with one attached hydrogen (secondary N) is 1. The third kappa shape index (κ3) is 3.46. The molecule has 0 saturated heterocycles. The molecule has 0 heterocycles. The van der Waals surface area contributed by atoms with Crippen LogP contribution in [0.1, 0.15) is 18.0 Å². The van der Waals surface area contributed by atoms with Crippen LogP contribution in [0.25, 0.3) is 0 Å². The summed E-state index contributed by atoms with van der Waals surface area (Å²) in [6.07, 6.45) is 0.767. The number of hydrogen-bond donors (Lipinski definition) is 3. The molecule has 0 amide bonds. The summed E-state index contributed by atoms with van der Waals surface area (Å²) in [4.78, 5) is 0. The van der Waals surface area contributed by atoms with E-state index in [-0.39, 0.29) is 12.6 Å². The van der Waals surface area contributed by atoms with Crippen molar-refractivity contribution < 1.29 is 5.11 Å². The van der Waals surface area contributed by atoms with E-state index in [1.165, 1.54) is 5.56 Å². The maximum Gasteiger partial charge on any atom is 0.0444 e. The van der Waals surface area contributed by atoms with Crippen LogP contribution in [0.2, 0.25) is 0 Å². The average molecular weight is 194 g/mol. The zero-order chi connectivity index (χ0) is 10.2. The number of benzene rings is 1. The molecule has 0 fully saturated rings. The normalized spacial score (nSPS) is 12.7. The minimum absolute atomic E-state index is 0.197. The number of nitrogens with two attached hydrogens (primary N) is 1. The lowest BCUT2D eigenvalue weighted by molar-refractivity contribution is 0.283. The van der Waals surface area contributed by atoms with Gasteiger partial charge in [0.2, 0.25) is 0 Å². The number of hydrogen-bond acceptors (Lipinski definition) is 3. The summed E-state index contributed by atoms with van der Waals surface area (Å²) >= 11 is 0. The van der Waals surface area contributed by atoms with Crippen LogP contribution >= 0.6 is 0 Å². The molecule has 0 spiro atoms.